The number of likely N-dealkylation sites (N-methyl/N-ethyl adjacent to an activating group) is 1. The Morgan fingerprint density at radius 3 is 2.70 bits per heavy atom. The van der Waals surface area contributed by atoms with Crippen LogP contribution < -0.4 is 0 Å². The predicted molar refractivity (Wildman–Crippen MR) is 87.8 cm³/mol. The van der Waals surface area contributed by atoms with E-state index in [9.17, 15) is 9.59 Å². The zero-order valence-corrected chi connectivity index (χ0v) is 14.7. The number of hydrogen-bond donors (Lipinski definition) is 1. The van der Waals surface area contributed by atoms with Crippen molar-refractivity contribution in [1.29, 1.82) is 0 Å². The number of aliphatic hydroxyl groups excluding tert-OH is 1. The average molecular weight is 329 g/mol. The topological polar surface area (TPSA) is 73.3 Å². The molecule has 0 aromatic carbocycles. The fourth-order valence-corrected chi connectivity index (χ4v) is 2.63. The van der Waals surface area contributed by atoms with Crippen LogP contribution in [0.25, 0.3) is 0 Å². The van der Waals surface area contributed by atoms with Gasteiger partial charge in [0.2, 0.25) is 5.91 Å². The van der Waals surface area contributed by atoms with Gasteiger partial charge in [0.1, 0.15) is 12.8 Å². The second-order valence-corrected chi connectivity index (χ2v) is 5.96. The molecule has 1 aliphatic heterocycles. The van der Waals surface area contributed by atoms with E-state index in [1.807, 2.05) is 18.9 Å². The molecule has 7 heteroatoms. The molecule has 23 heavy (non-hydrogen) atoms. The van der Waals surface area contributed by atoms with Crippen molar-refractivity contribution in [1.82, 2.24) is 14.7 Å². The van der Waals surface area contributed by atoms with Crippen LogP contribution >= 0.6 is 0 Å². The quantitative estimate of drug-likeness (QED) is 0.543. The van der Waals surface area contributed by atoms with E-state index in [-0.39, 0.29) is 24.5 Å². The van der Waals surface area contributed by atoms with Crippen LogP contribution in [-0.2, 0) is 14.3 Å². The maximum Gasteiger partial charge on any atom is 0.324 e. The van der Waals surface area contributed by atoms with Gasteiger partial charge in [-0.05, 0) is 26.4 Å². The van der Waals surface area contributed by atoms with Crippen LogP contribution in [-0.4, -0.2) is 90.8 Å². The number of carbonyl (C=O) groups excluding carboxylic acids is 2. The van der Waals surface area contributed by atoms with Crippen LogP contribution in [0.4, 0.5) is 0 Å². The largest absolute Gasteiger partial charge is 0.448 e. The Kier molecular flexibility index (Phi) is 9.13. The van der Waals surface area contributed by atoms with Crippen LogP contribution in [0.2, 0.25) is 0 Å². The Morgan fingerprint density at radius 1 is 1.35 bits per heavy atom. The number of amides is 1. The summed E-state index contributed by atoms with van der Waals surface area (Å²) in [6, 6.07) is -0.332. The number of nitrogens with zero attached hydrogens (tertiary/aromatic N) is 3. The predicted octanol–water partition coefficient (Wildman–Crippen LogP) is 0.134. The summed E-state index contributed by atoms with van der Waals surface area (Å²) in [5.74, 6) is -0.243. The van der Waals surface area contributed by atoms with Crippen LogP contribution in [0, 0.1) is 0 Å². The summed E-state index contributed by atoms with van der Waals surface area (Å²) in [6.07, 6.45) is 1.63. The summed E-state index contributed by atoms with van der Waals surface area (Å²) in [7, 11) is 2.04. The molecule has 1 amide bonds. The smallest absolute Gasteiger partial charge is 0.324 e. The highest BCUT2D eigenvalue weighted by Gasteiger charge is 2.34. The van der Waals surface area contributed by atoms with Crippen molar-refractivity contribution >= 4 is 11.9 Å². The van der Waals surface area contributed by atoms with Crippen LogP contribution in [0.3, 0.4) is 0 Å². The van der Waals surface area contributed by atoms with Gasteiger partial charge in [0.05, 0.1) is 6.61 Å². The third-order valence-electron chi connectivity index (χ3n) is 4.24. The van der Waals surface area contributed by atoms with Gasteiger partial charge in [0, 0.05) is 32.6 Å². The van der Waals surface area contributed by atoms with E-state index in [1.54, 1.807) is 4.90 Å². The van der Waals surface area contributed by atoms with Crippen molar-refractivity contribution in [2.75, 3.05) is 53.1 Å². The Hall–Kier alpha value is -1.18. The number of ether oxygens (including phenoxy) is 1. The molecule has 1 rings (SSSR count). The Labute approximate surface area is 139 Å². The monoisotopic (exact) mass is 329 g/mol. The minimum absolute atomic E-state index is 0.00812. The molecule has 1 atom stereocenters. The van der Waals surface area contributed by atoms with Gasteiger partial charge in [-0.2, -0.15) is 0 Å². The Morgan fingerprint density at radius 2 is 2.09 bits per heavy atom. The lowest BCUT2D eigenvalue weighted by molar-refractivity contribution is -0.139. The summed E-state index contributed by atoms with van der Waals surface area (Å²) in [6.45, 7) is 7.93. The fourth-order valence-electron chi connectivity index (χ4n) is 2.63. The second kappa shape index (κ2) is 10.6. The molecule has 0 spiro atoms. The van der Waals surface area contributed by atoms with Crippen molar-refractivity contribution in [2.24, 2.45) is 0 Å². The van der Waals surface area contributed by atoms with Crippen molar-refractivity contribution < 1.29 is 19.4 Å². The molecule has 1 N–H and O–H groups in total. The molecule has 1 unspecified atom stereocenters. The molecule has 0 bridgehead atoms. The lowest BCUT2D eigenvalue weighted by atomic mass is 10.1. The van der Waals surface area contributed by atoms with Gasteiger partial charge < -0.3 is 19.6 Å². The summed E-state index contributed by atoms with van der Waals surface area (Å²) in [4.78, 5) is 30.0. The van der Waals surface area contributed by atoms with E-state index in [1.165, 1.54) is 0 Å². The molecule has 1 aliphatic rings. The van der Waals surface area contributed by atoms with Crippen LogP contribution in [0.5, 0.6) is 0 Å². The summed E-state index contributed by atoms with van der Waals surface area (Å²) < 4.78 is 5.14. The molecule has 1 heterocycles. The molecular weight excluding hydrogens is 298 g/mol. The summed E-state index contributed by atoms with van der Waals surface area (Å²) >= 11 is 0. The number of hydrogen-bond acceptors (Lipinski definition) is 6. The van der Waals surface area contributed by atoms with E-state index < -0.39 is 0 Å². The maximum atomic E-state index is 12.2. The highest BCUT2D eigenvalue weighted by molar-refractivity contribution is 5.80. The first-order valence-corrected chi connectivity index (χ1v) is 8.51. The third kappa shape index (κ3) is 6.45. The summed E-state index contributed by atoms with van der Waals surface area (Å²) in [5.41, 5.74) is 0. The van der Waals surface area contributed by atoms with Crippen molar-refractivity contribution in [3.05, 3.63) is 0 Å². The van der Waals surface area contributed by atoms with E-state index in [2.05, 4.69) is 11.8 Å². The zero-order valence-electron chi connectivity index (χ0n) is 14.7. The van der Waals surface area contributed by atoms with Gasteiger partial charge in [0.15, 0.2) is 0 Å². The molecule has 7 nitrogen and oxygen atoms in total. The molecule has 0 aromatic heterocycles. The van der Waals surface area contributed by atoms with E-state index >= 15 is 0 Å². The number of rotatable bonds is 11. The molecular formula is C16H31N3O4. The van der Waals surface area contributed by atoms with E-state index in [0.717, 1.165) is 26.1 Å². The first-order chi connectivity index (χ1) is 11.0. The first kappa shape index (κ1) is 19.9. The van der Waals surface area contributed by atoms with Crippen molar-refractivity contribution in [3.63, 3.8) is 0 Å². The minimum atomic E-state index is -0.332. The Bertz CT molecular complexity index is 372. The number of esters is 1. The van der Waals surface area contributed by atoms with E-state index in [4.69, 9.17) is 9.84 Å². The summed E-state index contributed by atoms with van der Waals surface area (Å²) in [5, 5.41) is 9.04. The fraction of sp³-hybridized carbons (Fsp3) is 0.875. The minimum Gasteiger partial charge on any atom is -0.448 e. The van der Waals surface area contributed by atoms with Gasteiger partial charge in [-0.25, -0.2) is 0 Å². The number of carbonyl (C=O) groups is 2. The lowest BCUT2D eigenvalue weighted by Gasteiger charge is -2.24. The Balaban J connectivity index is 2.48. The molecule has 0 aliphatic carbocycles. The number of aliphatic hydroxyl groups is 1. The number of cyclic esters (lactones) is 1. The zero-order chi connectivity index (χ0) is 17.2. The molecule has 1 fully saturated rings. The lowest BCUT2D eigenvalue weighted by Crippen LogP contribution is -2.40. The standard InChI is InChI=1S/C16H31N3O4/c1-4-8-18(11-12-20)15(21)7-6-14-16(22)23-13-19(14)10-9-17(3)5-2/h14,20H,4-13H2,1-3H3. The molecule has 0 radical (unpaired) electrons. The third-order valence-corrected chi connectivity index (χ3v) is 4.24. The van der Waals surface area contributed by atoms with Gasteiger partial charge >= 0.3 is 5.97 Å². The molecule has 0 saturated carbocycles. The van der Waals surface area contributed by atoms with Gasteiger partial charge in [0.25, 0.3) is 0 Å². The maximum absolute atomic E-state index is 12.2. The molecule has 134 valence electrons. The van der Waals surface area contributed by atoms with Crippen molar-refractivity contribution in [2.45, 2.75) is 39.2 Å². The first-order valence-electron chi connectivity index (χ1n) is 8.51. The van der Waals surface area contributed by atoms with Crippen LogP contribution in [0.15, 0.2) is 0 Å². The normalized spacial score (nSPS) is 18.5. The van der Waals surface area contributed by atoms with Crippen molar-refractivity contribution in [3.8, 4) is 0 Å². The molecule has 1 saturated heterocycles. The SMILES string of the molecule is CCCN(CCO)C(=O)CCC1C(=O)OCN1CCN(C)CC. The van der Waals surface area contributed by atoms with E-state index in [0.29, 0.717) is 32.7 Å². The van der Waals surface area contributed by atoms with Gasteiger partial charge in [-0.3, -0.25) is 14.5 Å². The highest BCUT2D eigenvalue weighted by Crippen LogP contribution is 2.17. The molecule has 0 aromatic rings. The van der Waals surface area contributed by atoms with Crippen LogP contribution in [0.1, 0.15) is 33.1 Å². The van der Waals surface area contributed by atoms with Gasteiger partial charge in [-0.15, -0.1) is 0 Å². The van der Waals surface area contributed by atoms with Gasteiger partial charge in [-0.1, -0.05) is 13.8 Å². The average Bonchev–Trinajstić information content (AvgIpc) is 2.90. The second-order valence-electron chi connectivity index (χ2n) is 5.96. The highest BCUT2D eigenvalue weighted by atomic mass is 16.6.